The number of rotatable bonds is 5. The van der Waals surface area contributed by atoms with Crippen molar-refractivity contribution in [2.45, 2.75) is 50.6 Å². The third kappa shape index (κ3) is 5.71. The second-order valence-corrected chi connectivity index (χ2v) is 5.14. The van der Waals surface area contributed by atoms with Gasteiger partial charge >= 0.3 is 23.8 Å². The van der Waals surface area contributed by atoms with Crippen molar-refractivity contribution in [1.29, 1.82) is 0 Å². The molecule has 0 aromatic carbocycles. The van der Waals surface area contributed by atoms with Crippen LogP contribution in [0.4, 0.5) is 0 Å². The lowest BCUT2D eigenvalue weighted by Crippen LogP contribution is -2.51. The Kier molecular flexibility index (Phi) is 7.34. The predicted octanol–water partition coefficient (Wildman–Crippen LogP) is -0.344. The molecule has 0 aliphatic heterocycles. The lowest BCUT2D eigenvalue weighted by molar-refractivity contribution is -0.151. The molecule has 0 saturated heterocycles. The zero-order valence-electron chi connectivity index (χ0n) is 12.8. The number of amides is 2. The van der Waals surface area contributed by atoms with Crippen LogP contribution in [0.1, 0.15) is 38.5 Å². The topological polar surface area (TPSA) is 111 Å². The SMILES string of the molecule is COC(=O)CC(NC(=O)C(=O)NC1CCCCC1)C(=O)OC. The fourth-order valence-corrected chi connectivity index (χ4v) is 2.31. The van der Waals surface area contributed by atoms with Crippen LogP contribution in [0.2, 0.25) is 0 Å². The lowest BCUT2D eigenvalue weighted by Gasteiger charge is -2.23. The fourth-order valence-electron chi connectivity index (χ4n) is 2.31. The molecule has 2 N–H and O–H groups in total. The molecule has 0 radical (unpaired) electrons. The third-order valence-corrected chi connectivity index (χ3v) is 3.54. The summed E-state index contributed by atoms with van der Waals surface area (Å²) in [5, 5.41) is 4.82. The van der Waals surface area contributed by atoms with Crippen LogP contribution in [0, 0.1) is 0 Å². The molecule has 0 aromatic heterocycles. The number of methoxy groups -OCH3 is 2. The van der Waals surface area contributed by atoms with E-state index in [0.717, 1.165) is 46.3 Å². The molecule has 124 valence electrons. The van der Waals surface area contributed by atoms with E-state index in [1.54, 1.807) is 0 Å². The summed E-state index contributed by atoms with van der Waals surface area (Å²) < 4.78 is 8.94. The highest BCUT2D eigenvalue weighted by atomic mass is 16.5. The largest absolute Gasteiger partial charge is 0.469 e. The van der Waals surface area contributed by atoms with Gasteiger partial charge in [-0.2, -0.15) is 0 Å². The van der Waals surface area contributed by atoms with Crippen molar-refractivity contribution in [3.8, 4) is 0 Å². The Hall–Kier alpha value is -2.12. The molecule has 0 aromatic rings. The highest BCUT2D eigenvalue weighted by Crippen LogP contribution is 2.17. The first-order chi connectivity index (χ1) is 10.5. The summed E-state index contributed by atoms with van der Waals surface area (Å²) in [4.78, 5) is 46.4. The van der Waals surface area contributed by atoms with E-state index in [4.69, 9.17) is 0 Å². The van der Waals surface area contributed by atoms with Gasteiger partial charge in [-0.15, -0.1) is 0 Å². The van der Waals surface area contributed by atoms with Crippen LogP contribution in [-0.2, 0) is 28.7 Å². The molecule has 1 fully saturated rings. The molecular weight excluding hydrogens is 292 g/mol. The molecule has 8 heteroatoms. The Balaban J connectivity index is 2.55. The summed E-state index contributed by atoms with van der Waals surface area (Å²) in [7, 11) is 2.29. The molecule has 2 amide bonds. The fraction of sp³-hybridized carbons (Fsp3) is 0.714. The molecule has 0 bridgehead atoms. The maximum atomic E-state index is 11.8. The zero-order chi connectivity index (χ0) is 16.5. The van der Waals surface area contributed by atoms with Crippen LogP contribution in [-0.4, -0.2) is 50.1 Å². The van der Waals surface area contributed by atoms with E-state index >= 15 is 0 Å². The van der Waals surface area contributed by atoms with Crippen molar-refractivity contribution >= 4 is 23.8 Å². The van der Waals surface area contributed by atoms with Gasteiger partial charge in [0.2, 0.25) is 0 Å². The Morgan fingerprint density at radius 1 is 1.00 bits per heavy atom. The van der Waals surface area contributed by atoms with Gasteiger partial charge in [0.15, 0.2) is 0 Å². The maximum absolute atomic E-state index is 11.8. The number of nitrogens with one attached hydrogen (secondary N) is 2. The van der Waals surface area contributed by atoms with E-state index in [2.05, 4.69) is 20.1 Å². The molecule has 1 aliphatic rings. The van der Waals surface area contributed by atoms with Crippen molar-refractivity contribution in [3.05, 3.63) is 0 Å². The second-order valence-electron chi connectivity index (χ2n) is 5.14. The number of carbonyl (C=O) groups excluding carboxylic acids is 4. The quantitative estimate of drug-likeness (QED) is 0.530. The molecule has 22 heavy (non-hydrogen) atoms. The average molecular weight is 314 g/mol. The summed E-state index contributed by atoms with van der Waals surface area (Å²) >= 11 is 0. The Morgan fingerprint density at radius 2 is 1.64 bits per heavy atom. The van der Waals surface area contributed by atoms with Crippen LogP contribution in [0.15, 0.2) is 0 Å². The normalized spacial score (nSPS) is 16.3. The number of hydrogen-bond donors (Lipinski definition) is 2. The first-order valence-corrected chi connectivity index (χ1v) is 7.24. The monoisotopic (exact) mass is 314 g/mol. The first-order valence-electron chi connectivity index (χ1n) is 7.24. The molecule has 1 rings (SSSR count). The van der Waals surface area contributed by atoms with Crippen molar-refractivity contribution in [2.24, 2.45) is 0 Å². The van der Waals surface area contributed by atoms with Gasteiger partial charge in [-0.3, -0.25) is 14.4 Å². The molecule has 1 saturated carbocycles. The molecule has 1 unspecified atom stereocenters. The molecule has 1 atom stereocenters. The van der Waals surface area contributed by atoms with Crippen molar-refractivity contribution < 1.29 is 28.7 Å². The number of esters is 2. The van der Waals surface area contributed by atoms with Crippen LogP contribution >= 0.6 is 0 Å². The molecular formula is C14H22N2O6. The second kappa shape index (κ2) is 9.01. The highest BCUT2D eigenvalue weighted by Gasteiger charge is 2.28. The maximum Gasteiger partial charge on any atom is 0.328 e. The highest BCUT2D eigenvalue weighted by molar-refractivity contribution is 6.35. The summed E-state index contributed by atoms with van der Waals surface area (Å²) in [5.74, 6) is -3.29. The molecule has 8 nitrogen and oxygen atoms in total. The minimum atomic E-state index is -1.25. The van der Waals surface area contributed by atoms with Crippen LogP contribution < -0.4 is 10.6 Å². The van der Waals surface area contributed by atoms with Crippen LogP contribution in [0.25, 0.3) is 0 Å². The summed E-state index contributed by atoms with van der Waals surface area (Å²) in [6.45, 7) is 0. The van der Waals surface area contributed by atoms with E-state index in [0.29, 0.717) is 0 Å². The van der Waals surface area contributed by atoms with Crippen LogP contribution in [0.5, 0.6) is 0 Å². The average Bonchev–Trinajstić information content (AvgIpc) is 2.53. The molecule has 0 spiro atoms. The van der Waals surface area contributed by atoms with Gasteiger partial charge in [0.05, 0.1) is 20.6 Å². The van der Waals surface area contributed by atoms with E-state index in [1.807, 2.05) is 0 Å². The lowest BCUT2D eigenvalue weighted by atomic mass is 9.95. The first kappa shape index (κ1) is 17.9. The van der Waals surface area contributed by atoms with Crippen molar-refractivity contribution in [2.75, 3.05) is 14.2 Å². The van der Waals surface area contributed by atoms with Gasteiger partial charge in [0, 0.05) is 6.04 Å². The van der Waals surface area contributed by atoms with Gasteiger partial charge in [0.1, 0.15) is 6.04 Å². The Morgan fingerprint density at radius 3 is 2.18 bits per heavy atom. The van der Waals surface area contributed by atoms with Crippen LogP contribution in [0.3, 0.4) is 0 Å². The summed E-state index contributed by atoms with van der Waals surface area (Å²) in [5.41, 5.74) is 0. The summed E-state index contributed by atoms with van der Waals surface area (Å²) in [6, 6.07) is -1.27. The minimum Gasteiger partial charge on any atom is -0.469 e. The predicted molar refractivity (Wildman–Crippen MR) is 75.6 cm³/mol. The standard InChI is InChI=1S/C14H22N2O6/c1-21-11(17)8-10(14(20)22-2)16-13(19)12(18)15-9-6-4-3-5-7-9/h9-10H,3-8H2,1-2H3,(H,15,18)(H,16,19). The van der Waals surface area contributed by atoms with E-state index < -0.39 is 36.2 Å². The smallest absolute Gasteiger partial charge is 0.328 e. The van der Waals surface area contributed by atoms with E-state index in [9.17, 15) is 19.2 Å². The van der Waals surface area contributed by atoms with Gasteiger partial charge in [-0.1, -0.05) is 19.3 Å². The number of ether oxygens (including phenoxy) is 2. The van der Waals surface area contributed by atoms with Crippen molar-refractivity contribution in [1.82, 2.24) is 10.6 Å². The van der Waals surface area contributed by atoms with Gasteiger partial charge < -0.3 is 20.1 Å². The summed E-state index contributed by atoms with van der Waals surface area (Å²) in [6.07, 6.45) is 4.43. The number of hydrogen-bond acceptors (Lipinski definition) is 6. The third-order valence-electron chi connectivity index (χ3n) is 3.54. The zero-order valence-corrected chi connectivity index (χ0v) is 12.8. The number of carbonyl (C=O) groups is 4. The van der Waals surface area contributed by atoms with Gasteiger partial charge in [-0.25, -0.2) is 4.79 Å². The molecule has 1 aliphatic carbocycles. The van der Waals surface area contributed by atoms with Crippen molar-refractivity contribution in [3.63, 3.8) is 0 Å². The van der Waals surface area contributed by atoms with Gasteiger partial charge in [-0.05, 0) is 12.8 Å². The van der Waals surface area contributed by atoms with E-state index in [1.165, 1.54) is 0 Å². The minimum absolute atomic E-state index is 0.0239. The Bertz CT molecular complexity index is 431. The van der Waals surface area contributed by atoms with E-state index in [-0.39, 0.29) is 6.04 Å². The van der Waals surface area contributed by atoms with Gasteiger partial charge in [0.25, 0.3) is 0 Å². The molecule has 0 heterocycles. The Labute approximate surface area is 128 Å².